The van der Waals surface area contributed by atoms with Crippen LogP contribution in [0.4, 0.5) is 0 Å². The number of hydrazone groups is 1. The van der Waals surface area contributed by atoms with Crippen molar-refractivity contribution in [3.63, 3.8) is 0 Å². The molecule has 3 rings (SSSR count). The fraction of sp³-hybridized carbons (Fsp3) is 0.0556. The smallest absolute Gasteiger partial charge is 0.276 e. The summed E-state index contributed by atoms with van der Waals surface area (Å²) in [5.74, 6) is 1.07. The maximum atomic E-state index is 12.1. The zero-order chi connectivity index (χ0) is 17.9. The molecule has 0 unspecified atom stereocenters. The van der Waals surface area contributed by atoms with Crippen molar-refractivity contribution in [2.24, 2.45) is 5.10 Å². The van der Waals surface area contributed by atoms with Gasteiger partial charge >= 0.3 is 0 Å². The maximum absolute atomic E-state index is 12.1. The minimum Gasteiger partial charge on any atom is -0.455 e. The average molecular weight is 375 g/mol. The van der Waals surface area contributed by atoms with Crippen molar-refractivity contribution >= 4 is 27.8 Å². The Morgan fingerprint density at radius 3 is 2.36 bits per heavy atom. The Hall–Kier alpha value is -2.57. The van der Waals surface area contributed by atoms with Gasteiger partial charge in [-0.25, -0.2) is 0 Å². The number of hydrogen-bond donors (Lipinski definition) is 1. The zero-order valence-electron chi connectivity index (χ0n) is 13.3. The number of sulfonamides is 1. The summed E-state index contributed by atoms with van der Waals surface area (Å²) in [4.78, 5) is 2.31. The van der Waals surface area contributed by atoms with Crippen molar-refractivity contribution in [3.05, 3.63) is 77.0 Å². The molecule has 0 bridgehead atoms. The number of furan rings is 1. The van der Waals surface area contributed by atoms with Crippen LogP contribution in [0.2, 0.25) is 5.02 Å². The van der Waals surface area contributed by atoms with E-state index in [4.69, 9.17) is 16.0 Å². The lowest BCUT2D eigenvalue weighted by Gasteiger charge is -2.03. The Morgan fingerprint density at radius 1 is 1.00 bits per heavy atom. The molecule has 0 saturated carbocycles. The maximum Gasteiger partial charge on any atom is 0.276 e. The third-order valence-corrected chi connectivity index (χ3v) is 4.94. The highest BCUT2D eigenvalue weighted by Gasteiger charge is 2.12. The van der Waals surface area contributed by atoms with Gasteiger partial charge in [0.15, 0.2) is 0 Å². The number of nitrogens with zero attached hydrogens (tertiary/aromatic N) is 1. The van der Waals surface area contributed by atoms with Crippen LogP contribution in [0.3, 0.4) is 0 Å². The van der Waals surface area contributed by atoms with Crippen LogP contribution in [0.1, 0.15) is 11.3 Å². The van der Waals surface area contributed by atoms with Crippen LogP contribution in [-0.2, 0) is 10.0 Å². The first-order valence-corrected chi connectivity index (χ1v) is 9.27. The van der Waals surface area contributed by atoms with Gasteiger partial charge in [-0.15, -0.1) is 0 Å². The number of benzene rings is 2. The van der Waals surface area contributed by atoms with Crippen LogP contribution in [0.5, 0.6) is 0 Å². The van der Waals surface area contributed by atoms with Crippen molar-refractivity contribution in [1.29, 1.82) is 0 Å². The zero-order valence-corrected chi connectivity index (χ0v) is 14.9. The van der Waals surface area contributed by atoms with E-state index in [1.54, 1.807) is 36.4 Å². The molecule has 0 saturated heterocycles. The van der Waals surface area contributed by atoms with E-state index in [0.29, 0.717) is 16.5 Å². The van der Waals surface area contributed by atoms with Crippen LogP contribution >= 0.6 is 11.6 Å². The molecule has 0 aliphatic carbocycles. The fourth-order valence-electron chi connectivity index (χ4n) is 2.12. The van der Waals surface area contributed by atoms with Gasteiger partial charge in [-0.2, -0.15) is 18.4 Å². The lowest BCUT2D eigenvalue weighted by molar-refractivity contribution is 0.573. The van der Waals surface area contributed by atoms with Crippen molar-refractivity contribution < 1.29 is 12.8 Å². The minimum absolute atomic E-state index is 0.150. The predicted molar refractivity (Wildman–Crippen MR) is 98.2 cm³/mol. The second-order valence-corrected chi connectivity index (χ2v) is 7.47. The molecular weight excluding hydrogens is 360 g/mol. The van der Waals surface area contributed by atoms with Crippen molar-refractivity contribution in [3.8, 4) is 11.3 Å². The third-order valence-electron chi connectivity index (χ3n) is 3.45. The van der Waals surface area contributed by atoms with Gasteiger partial charge in [0.2, 0.25) is 0 Å². The van der Waals surface area contributed by atoms with E-state index in [1.807, 2.05) is 19.1 Å². The molecule has 3 aromatic rings. The SMILES string of the molecule is Cc1ccc(S(=O)(=O)N/N=C/c2ccc(-c3ccc(Cl)cc3)o2)cc1. The highest BCUT2D eigenvalue weighted by Crippen LogP contribution is 2.23. The quantitative estimate of drug-likeness (QED) is 0.536. The molecule has 0 fully saturated rings. The Kier molecular flexibility index (Phi) is 4.92. The molecule has 0 spiro atoms. The molecule has 5 nitrogen and oxygen atoms in total. The van der Waals surface area contributed by atoms with Crippen LogP contribution in [0.25, 0.3) is 11.3 Å². The van der Waals surface area contributed by atoms with Crippen molar-refractivity contribution in [1.82, 2.24) is 4.83 Å². The normalized spacial score (nSPS) is 11.8. The molecule has 0 radical (unpaired) electrons. The van der Waals surface area contributed by atoms with Gasteiger partial charge in [0, 0.05) is 10.6 Å². The summed E-state index contributed by atoms with van der Waals surface area (Å²) in [7, 11) is -3.70. The summed E-state index contributed by atoms with van der Waals surface area (Å²) in [5, 5.41) is 4.40. The van der Waals surface area contributed by atoms with E-state index in [-0.39, 0.29) is 4.90 Å². The summed E-state index contributed by atoms with van der Waals surface area (Å²) in [5.41, 5.74) is 1.84. The van der Waals surface area contributed by atoms with Gasteiger partial charge in [0.05, 0.1) is 11.1 Å². The number of nitrogens with one attached hydrogen (secondary N) is 1. The van der Waals surface area contributed by atoms with Gasteiger partial charge < -0.3 is 4.42 Å². The number of aryl methyl sites for hydroxylation is 1. The molecule has 1 heterocycles. The van der Waals surface area contributed by atoms with E-state index in [1.165, 1.54) is 18.3 Å². The summed E-state index contributed by atoms with van der Waals surface area (Å²) >= 11 is 5.86. The van der Waals surface area contributed by atoms with Crippen LogP contribution in [0.15, 0.2) is 75.1 Å². The Balaban J connectivity index is 1.70. The number of hydrogen-bond acceptors (Lipinski definition) is 4. The molecule has 0 aliphatic heterocycles. The fourth-order valence-corrected chi connectivity index (χ4v) is 3.04. The van der Waals surface area contributed by atoms with Crippen LogP contribution < -0.4 is 4.83 Å². The topological polar surface area (TPSA) is 71.7 Å². The van der Waals surface area contributed by atoms with Crippen molar-refractivity contribution in [2.75, 3.05) is 0 Å². The van der Waals surface area contributed by atoms with E-state index in [2.05, 4.69) is 9.93 Å². The largest absolute Gasteiger partial charge is 0.455 e. The first-order chi connectivity index (χ1) is 11.9. The second-order valence-electron chi connectivity index (χ2n) is 5.37. The van der Waals surface area contributed by atoms with E-state index in [0.717, 1.165) is 11.1 Å². The third kappa shape index (κ3) is 4.29. The molecule has 0 atom stereocenters. The highest BCUT2D eigenvalue weighted by molar-refractivity contribution is 7.89. The molecule has 1 aromatic heterocycles. The molecular formula is C18H15ClN2O3S. The van der Waals surface area contributed by atoms with Crippen molar-refractivity contribution in [2.45, 2.75) is 11.8 Å². The van der Waals surface area contributed by atoms with Gasteiger partial charge in [-0.1, -0.05) is 29.3 Å². The molecule has 0 amide bonds. The summed E-state index contributed by atoms with van der Waals surface area (Å²) in [6.45, 7) is 1.89. The lowest BCUT2D eigenvalue weighted by Crippen LogP contribution is -2.18. The van der Waals surface area contributed by atoms with Crippen LogP contribution in [0, 0.1) is 6.92 Å². The highest BCUT2D eigenvalue weighted by atomic mass is 35.5. The number of rotatable bonds is 5. The Morgan fingerprint density at radius 2 is 1.68 bits per heavy atom. The van der Waals surface area contributed by atoms with Crippen LogP contribution in [-0.4, -0.2) is 14.6 Å². The first kappa shape index (κ1) is 17.3. The molecule has 128 valence electrons. The summed E-state index contributed by atoms with van der Waals surface area (Å²) in [6, 6.07) is 17.2. The minimum atomic E-state index is -3.70. The molecule has 2 aromatic carbocycles. The average Bonchev–Trinajstić information content (AvgIpc) is 3.04. The van der Waals surface area contributed by atoms with Gasteiger partial charge in [-0.3, -0.25) is 0 Å². The Bertz CT molecular complexity index is 992. The molecule has 1 N–H and O–H groups in total. The summed E-state index contributed by atoms with van der Waals surface area (Å²) in [6.07, 6.45) is 1.31. The standard InChI is InChI=1S/C18H15ClN2O3S/c1-13-2-9-17(10-3-13)25(22,23)21-20-12-16-8-11-18(24-16)14-4-6-15(19)7-5-14/h2-12,21H,1H3/b20-12+. The lowest BCUT2D eigenvalue weighted by atomic mass is 10.2. The number of halogens is 1. The molecule has 0 aliphatic rings. The Labute approximate surface area is 151 Å². The van der Waals surface area contributed by atoms with Gasteiger partial charge in [-0.05, 0) is 55.5 Å². The van der Waals surface area contributed by atoms with E-state index < -0.39 is 10.0 Å². The van der Waals surface area contributed by atoms with Gasteiger partial charge in [0.25, 0.3) is 10.0 Å². The molecule has 25 heavy (non-hydrogen) atoms. The molecule has 7 heteroatoms. The monoisotopic (exact) mass is 374 g/mol. The predicted octanol–water partition coefficient (Wildman–Crippen LogP) is 4.22. The van der Waals surface area contributed by atoms with E-state index >= 15 is 0 Å². The first-order valence-electron chi connectivity index (χ1n) is 7.41. The van der Waals surface area contributed by atoms with Gasteiger partial charge in [0.1, 0.15) is 11.5 Å². The second kappa shape index (κ2) is 7.13. The van der Waals surface area contributed by atoms with E-state index in [9.17, 15) is 8.42 Å². The summed E-state index contributed by atoms with van der Waals surface area (Å²) < 4.78 is 29.9.